The van der Waals surface area contributed by atoms with Crippen molar-refractivity contribution in [3.05, 3.63) is 12.7 Å². The first-order valence-electron chi connectivity index (χ1n) is 4.35. The van der Waals surface area contributed by atoms with Gasteiger partial charge < -0.3 is 5.32 Å². The molecule has 2 heteroatoms. The van der Waals surface area contributed by atoms with Crippen LogP contribution in [0.15, 0.2) is 12.7 Å². The van der Waals surface area contributed by atoms with Crippen LogP contribution in [0.4, 0.5) is 0 Å². The van der Waals surface area contributed by atoms with Crippen LogP contribution in [0, 0.1) is 16.7 Å². The van der Waals surface area contributed by atoms with Gasteiger partial charge in [0.1, 0.15) is 0 Å². The zero-order valence-electron chi connectivity index (χ0n) is 8.06. The third-order valence-electron chi connectivity index (χ3n) is 1.75. The van der Waals surface area contributed by atoms with E-state index in [2.05, 4.69) is 18.0 Å². The SMILES string of the molecule is C=CCCNCCC(C)(C)C#N. The normalized spacial score (nSPS) is 10.8. The topological polar surface area (TPSA) is 35.8 Å². The summed E-state index contributed by atoms with van der Waals surface area (Å²) in [6.07, 6.45) is 3.79. The lowest BCUT2D eigenvalue weighted by Gasteiger charge is -2.14. The second-order valence-electron chi connectivity index (χ2n) is 3.57. The van der Waals surface area contributed by atoms with Crippen LogP contribution < -0.4 is 5.32 Å². The Morgan fingerprint density at radius 1 is 1.50 bits per heavy atom. The van der Waals surface area contributed by atoms with Crippen molar-refractivity contribution in [3.63, 3.8) is 0 Å². The van der Waals surface area contributed by atoms with Crippen molar-refractivity contribution in [1.29, 1.82) is 5.26 Å². The first kappa shape index (κ1) is 11.2. The third kappa shape index (κ3) is 5.94. The molecule has 0 aromatic rings. The molecule has 0 atom stereocenters. The lowest BCUT2D eigenvalue weighted by molar-refractivity contribution is 0.434. The van der Waals surface area contributed by atoms with Crippen molar-refractivity contribution in [2.45, 2.75) is 26.7 Å². The molecule has 12 heavy (non-hydrogen) atoms. The van der Waals surface area contributed by atoms with Gasteiger partial charge in [0.2, 0.25) is 0 Å². The maximum absolute atomic E-state index is 8.70. The molecule has 0 aliphatic carbocycles. The molecular formula is C10H18N2. The number of nitriles is 1. The van der Waals surface area contributed by atoms with Gasteiger partial charge >= 0.3 is 0 Å². The van der Waals surface area contributed by atoms with Crippen molar-refractivity contribution in [2.75, 3.05) is 13.1 Å². The number of hydrogen-bond donors (Lipinski definition) is 1. The van der Waals surface area contributed by atoms with Crippen LogP contribution in [-0.4, -0.2) is 13.1 Å². The fourth-order valence-electron chi connectivity index (χ4n) is 0.786. The highest BCUT2D eigenvalue weighted by Gasteiger charge is 2.14. The van der Waals surface area contributed by atoms with Gasteiger partial charge in [0.15, 0.2) is 0 Å². The Labute approximate surface area is 75.3 Å². The molecule has 0 radical (unpaired) electrons. The molecule has 0 spiro atoms. The minimum atomic E-state index is -0.193. The molecule has 0 saturated carbocycles. The van der Waals surface area contributed by atoms with Crippen LogP contribution in [0.3, 0.4) is 0 Å². The average Bonchev–Trinajstić information content (AvgIpc) is 2.04. The standard InChI is InChI=1S/C10H18N2/c1-4-5-7-12-8-6-10(2,3)9-11/h4,12H,1,5-8H2,2-3H3. The van der Waals surface area contributed by atoms with Crippen LogP contribution in [0.2, 0.25) is 0 Å². The fraction of sp³-hybridized carbons (Fsp3) is 0.700. The maximum Gasteiger partial charge on any atom is 0.0684 e. The number of rotatable bonds is 6. The van der Waals surface area contributed by atoms with E-state index in [0.717, 1.165) is 25.9 Å². The van der Waals surface area contributed by atoms with Gasteiger partial charge in [-0.05, 0) is 39.8 Å². The van der Waals surface area contributed by atoms with Gasteiger partial charge in [0, 0.05) is 0 Å². The van der Waals surface area contributed by atoms with E-state index in [0.29, 0.717) is 0 Å². The van der Waals surface area contributed by atoms with Crippen LogP contribution in [0.5, 0.6) is 0 Å². The minimum Gasteiger partial charge on any atom is -0.316 e. The predicted octanol–water partition coefficient (Wildman–Crippen LogP) is 2.09. The Balaban J connectivity index is 3.32. The summed E-state index contributed by atoms with van der Waals surface area (Å²) in [5.74, 6) is 0. The molecule has 68 valence electrons. The molecule has 1 N–H and O–H groups in total. The molecule has 0 heterocycles. The highest BCUT2D eigenvalue weighted by molar-refractivity contribution is 4.91. The van der Waals surface area contributed by atoms with E-state index in [1.54, 1.807) is 0 Å². The summed E-state index contributed by atoms with van der Waals surface area (Å²) in [5, 5.41) is 12.0. The molecule has 0 aromatic heterocycles. The van der Waals surface area contributed by atoms with Crippen molar-refractivity contribution in [1.82, 2.24) is 5.32 Å². The smallest absolute Gasteiger partial charge is 0.0684 e. The second kappa shape index (κ2) is 5.79. The molecule has 0 unspecified atom stereocenters. The van der Waals surface area contributed by atoms with Crippen molar-refractivity contribution < 1.29 is 0 Å². The minimum absolute atomic E-state index is 0.193. The largest absolute Gasteiger partial charge is 0.316 e. The van der Waals surface area contributed by atoms with Gasteiger partial charge in [-0.3, -0.25) is 0 Å². The summed E-state index contributed by atoms with van der Waals surface area (Å²) >= 11 is 0. The van der Waals surface area contributed by atoms with Crippen LogP contribution >= 0.6 is 0 Å². The van der Waals surface area contributed by atoms with Crippen molar-refractivity contribution >= 4 is 0 Å². The molecule has 0 aliphatic heterocycles. The van der Waals surface area contributed by atoms with Crippen LogP contribution in [-0.2, 0) is 0 Å². The third-order valence-corrected chi connectivity index (χ3v) is 1.75. The van der Waals surface area contributed by atoms with E-state index in [4.69, 9.17) is 5.26 Å². The molecule has 2 nitrogen and oxygen atoms in total. The summed E-state index contributed by atoms with van der Waals surface area (Å²) in [7, 11) is 0. The first-order valence-corrected chi connectivity index (χ1v) is 4.35. The van der Waals surface area contributed by atoms with E-state index in [1.165, 1.54) is 0 Å². The fourth-order valence-corrected chi connectivity index (χ4v) is 0.786. The summed E-state index contributed by atoms with van der Waals surface area (Å²) in [5.41, 5.74) is -0.193. The quantitative estimate of drug-likeness (QED) is 0.484. The second-order valence-corrected chi connectivity index (χ2v) is 3.57. The predicted molar refractivity (Wildman–Crippen MR) is 51.7 cm³/mol. The molecule has 0 saturated heterocycles. The zero-order chi connectivity index (χ0) is 9.45. The Hall–Kier alpha value is -0.810. The van der Waals surface area contributed by atoms with Gasteiger partial charge in [-0.1, -0.05) is 6.08 Å². The molecule has 0 aliphatic rings. The van der Waals surface area contributed by atoms with E-state index < -0.39 is 0 Å². The van der Waals surface area contributed by atoms with Gasteiger partial charge in [-0.25, -0.2) is 0 Å². The molecule has 0 amide bonds. The summed E-state index contributed by atoms with van der Waals surface area (Å²) < 4.78 is 0. The Morgan fingerprint density at radius 3 is 2.67 bits per heavy atom. The van der Waals surface area contributed by atoms with Gasteiger partial charge in [0.05, 0.1) is 11.5 Å². The average molecular weight is 166 g/mol. The monoisotopic (exact) mass is 166 g/mol. The van der Waals surface area contributed by atoms with Gasteiger partial charge in [-0.15, -0.1) is 6.58 Å². The zero-order valence-corrected chi connectivity index (χ0v) is 8.06. The molecule has 0 bridgehead atoms. The van der Waals surface area contributed by atoms with Gasteiger partial charge in [0.25, 0.3) is 0 Å². The summed E-state index contributed by atoms with van der Waals surface area (Å²) in [4.78, 5) is 0. The van der Waals surface area contributed by atoms with E-state index in [1.807, 2.05) is 19.9 Å². The highest BCUT2D eigenvalue weighted by atomic mass is 14.8. The number of hydrogen-bond acceptors (Lipinski definition) is 2. The highest BCUT2D eigenvalue weighted by Crippen LogP contribution is 2.16. The Morgan fingerprint density at radius 2 is 2.17 bits per heavy atom. The van der Waals surface area contributed by atoms with Gasteiger partial charge in [-0.2, -0.15) is 5.26 Å². The lowest BCUT2D eigenvalue weighted by Crippen LogP contribution is -2.22. The summed E-state index contributed by atoms with van der Waals surface area (Å²) in [6.45, 7) is 9.43. The first-order chi connectivity index (χ1) is 5.62. The maximum atomic E-state index is 8.70. The molecule has 0 aromatic carbocycles. The Kier molecular flexibility index (Phi) is 5.40. The van der Waals surface area contributed by atoms with Crippen molar-refractivity contribution in [2.24, 2.45) is 5.41 Å². The summed E-state index contributed by atoms with van der Waals surface area (Å²) in [6, 6.07) is 2.27. The lowest BCUT2D eigenvalue weighted by atomic mass is 9.91. The van der Waals surface area contributed by atoms with E-state index in [-0.39, 0.29) is 5.41 Å². The van der Waals surface area contributed by atoms with Crippen LogP contribution in [0.25, 0.3) is 0 Å². The number of nitrogens with zero attached hydrogens (tertiary/aromatic N) is 1. The van der Waals surface area contributed by atoms with Crippen LogP contribution in [0.1, 0.15) is 26.7 Å². The molecule has 0 fully saturated rings. The van der Waals surface area contributed by atoms with E-state index >= 15 is 0 Å². The number of nitrogens with one attached hydrogen (secondary N) is 1. The Bertz CT molecular complexity index is 165. The van der Waals surface area contributed by atoms with Crippen molar-refractivity contribution in [3.8, 4) is 6.07 Å². The molecular weight excluding hydrogens is 148 g/mol. The molecule has 0 rings (SSSR count). The van der Waals surface area contributed by atoms with E-state index in [9.17, 15) is 0 Å².